The first-order valence-corrected chi connectivity index (χ1v) is 12.9. The number of pyridine rings is 1. The number of carbonyl (C=O) groups is 1. The first-order chi connectivity index (χ1) is 17.5. The molecular formula is C25H26BrN7O3. The Labute approximate surface area is 215 Å². The van der Waals surface area contributed by atoms with Crippen LogP contribution < -0.4 is 10.5 Å². The maximum atomic E-state index is 13.6. The van der Waals surface area contributed by atoms with E-state index in [2.05, 4.69) is 40.9 Å². The standard InChI is InChI=1S/C25H26BrN7O3/c1-15-10-21-19(22-20(23(34)30-21)14-29-33(22)17-2-8-36-9-3-17)11-18(15)24(35)31-4-6-32(7-5-31)25-27-12-16(26)13-28-25/h10-14,17H,2-9H2,1H3,(H,30,34). The highest BCUT2D eigenvalue weighted by Gasteiger charge is 2.26. The summed E-state index contributed by atoms with van der Waals surface area (Å²) in [5.74, 6) is 0.655. The molecule has 0 atom stereocenters. The van der Waals surface area contributed by atoms with Gasteiger partial charge >= 0.3 is 0 Å². The molecule has 11 heteroatoms. The van der Waals surface area contributed by atoms with Crippen LogP contribution in [0.25, 0.3) is 21.8 Å². The van der Waals surface area contributed by atoms with E-state index in [1.165, 1.54) is 0 Å². The van der Waals surface area contributed by atoms with Crippen LogP contribution in [0.15, 0.2) is 40.0 Å². The Balaban J connectivity index is 1.33. The van der Waals surface area contributed by atoms with Crippen LogP contribution in [0.2, 0.25) is 0 Å². The van der Waals surface area contributed by atoms with Crippen LogP contribution in [0, 0.1) is 6.92 Å². The number of nitrogens with zero attached hydrogens (tertiary/aromatic N) is 6. The van der Waals surface area contributed by atoms with Gasteiger partial charge in [-0.15, -0.1) is 0 Å². The molecule has 0 unspecified atom stereocenters. The van der Waals surface area contributed by atoms with Gasteiger partial charge in [0.2, 0.25) is 5.95 Å². The van der Waals surface area contributed by atoms with E-state index in [1.807, 2.05) is 28.6 Å². The third kappa shape index (κ3) is 4.05. The van der Waals surface area contributed by atoms with Crippen LogP contribution in [0.1, 0.15) is 34.8 Å². The molecule has 36 heavy (non-hydrogen) atoms. The number of hydrogen-bond donors (Lipinski definition) is 1. The number of carbonyl (C=O) groups excluding carboxylic acids is 1. The summed E-state index contributed by atoms with van der Waals surface area (Å²) in [4.78, 5) is 42.1. The van der Waals surface area contributed by atoms with Gasteiger partial charge in [-0.1, -0.05) is 0 Å². The molecule has 3 aromatic heterocycles. The van der Waals surface area contributed by atoms with Crippen molar-refractivity contribution in [2.75, 3.05) is 44.3 Å². The predicted molar refractivity (Wildman–Crippen MR) is 140 cm³/mol. The SMILES string of the molecule is Cc1cc2[nH]c(=O)c3cnn(C4CCOCC4)c3c2cc1C(=O)N1CCN(c2ncc(Br)cn2)CC1. The molecule has 0 bridgehead atoms. The fourth-order valence-corrected chi connectivity index (χ4v) is 5.38. The van der Waals surface area contributed by atoms with E-state index < -0.39 is 0 Å². The van der Waals surface area contributed by atoms with E-state index in [9.17, 15) is 9.59 Å². The van der Waals surface area contributed by atoms with Gasteiger partial charge in [0.05, 0.1) is 33.1 Å². The summed E-state index contributed by atoms with van der Waals surface area (Å²) in [5.41, 5.74) is 2.81. The predicted octanol–water partition coefficient (Wildman–Crippen LogP) is 3.05. The molecule has 186 valence electrons. The second-order valence-electron chi connectivity index (χ2n) is 9.34. The minimum Gasteiger partial charge on any atom is -0.381 e. The fourth-order valence-electron chi connectivity index (χ4n) is 5.18. The van der Waals surface area contributed by atoms with Gasteiger partial charge in [0.1, 0.15) is 0 Å². The van der Waals surface area contributed by atoms with Gasteiger partial charge in [-0.2, -0.15) is 5.10 Å². The number of fused-ring (bicyclic) bond motifs is 3. The molecule has 0 radical (unpaired) electrons. The zero-order valence-corrected chi connectivity index (χ0v) is 21.5. The average Bonchev–Trinajstić information content (AvgIpc) is 3.35. The molecular weight excluding hydrogens is 526 g/mol. The van der Waals surface area contributed by atoms with Gasteiger partial charge in [0.15, 0.2) is 0 Å². The normalized spacial score (nSPS) is 17.3. The molecule has 10 nitrogen and oxygen atoms in total. The minimum absolute atomic E-state index is 0.0118. The summed E-state index contributed by atoms with van der Waals surface area (Å²) in [7, 11) is 0. The van der Waals surface area contributed by atoms with E-state index in [0.29, 0.717) is 61.8 Å². The third-order valence-electron chi connectivity index (χ3n) is 7.13. The fraction of sp³-hybridized carbons (Fsp3) is 0.400. The number of anilines is 1. The summed E-state index contributed by atoms with van der Waals surface area (Å²) < 4.78 is 8.31. The Morgan fingerprint density at radius 2 is 1.78 bits per heavy atom. The number of halogens is 1. The third-order valence-corrected chi connectivity index (χ3v) is 7.54. The van der Waals surface area contributed by atoms with Gasteiger partial charge in [-0.25, -0.2) is 9.97 Å². The van der Waals surface area contributed by atoms with Crippen LogP contribution in [-0.2, 0) is 4.74 Å². The van der Waals surface area contributed by atoms with Crippen molar-refractivity contribution in [2.45, 2.75) is 25.8 Å². The van der Waals surface area contributed by atoms with Crippen molar-refractivity contribution in [3.05, 3.63) is 56.7 Å². The Morgan fingerprint density at radius 3 is 2.50 bits per heavy atom. The summed E-state index contributed by atoms with van der Waals surface area (Å²) >= 11 is 3.36. The zero-order chi connectivity index (χ0) is 24.8. The number of aromatic amines is 1. The molecule has 0 saturated carbocycles. The molecule has 5 heterocycles. The number of ether oxygens (including phenoxy) is 1. The highest BCUT2D eigenvalue weighted by Crippen LogP contribution is 2.30. The Kier molecular flexibility index (Phi) is 5.96. The molecule has 1 amide bonds. The lowest BCUT2D eigenvalue weighted by Crippen LogP contribution is -2.49. The van der Waals surface area contributed by atoms with Gasteiger partial charge in [0.25, 0.3) is 11.5 Å². The highest BCUT2D eigenvalue weighted by molar-refractivity contribution is 9.10. The lowest BCUT2D eigenvalue weighted by Gasteiger charge is -2.35. The van der Waals surface area contributed by atoms with Gasteiger partial charge in [0, 0.05) is 62.7 Å². The first kappa shape index (κ1) is 23.1. The van der Waals surface area contributed by atoms with Crippen LogP contribution in [0.5, 0.6) is 0 Å². The molecule has 0 aliphatic carbocycles. The van der Waals surface area contributed by atoms with Crippen molar-refractivity contribution in [3.8, 4) is 0 Å². The number of H-pyrrole nitrogens is 1. The van der Waals surface area contributed by atoms with Crippen LogP contribution in [0.3, 0.4) is 0 Å². The Hall–Kier alpha value is -3.31. The molecule has 2 aliphatic heterocycles. The number of piperazine rings is 1. The molecule has 4 aromatic rings. The van der Waals surface area contributed by atoms with E-state index in [-0.39, 0.29) is 17.5 Å². The van der Waals surface area contributed by atoms with Crippen molar-refractivity contribution in [3.63, 3.8) is 0 Å². The van der Waals surface area contributed by atoms with Gasteiger partial charge in [-0.3, -0.25) is 14.3 Å². The number of hydrogen-bond acceptors (Lipinski definition) is 7. The maximum Gasteiger partial charge on any atom is 0.259 e. The van der Waals surface area contributed by atoms with Crippen LogP contribution >= 0.6 is 15.9 Å². The van der Waals surface area contributed by atoms with Crippen LogP contribution in [0.4, 0.5) is 5.95 Å². The topological polar surface area (TPSA) is 109 Å². The number of rotatable bonds is 3. The molecule has 1 N–H and O–H groups in total. The van der Waals surface area contributed by atoms with Crippen LogP contribution in [-0.4, -0.2) is 74.9 Å². The molecule has 2 saturated heterocycles. The highest BCUT2D eigenvalue weighted by atomic mass is 79.9. The van der Waals surface area contributed by atoms with Crippen molar-refractivity contribution < 1.29 is 9.53 Å². The molecule has 2 aliphatic rings. The van der Waals surface area contributed by atoms with Crippen molar-refractivity contribution >= 4 is 49.6 Å². The van der Waals surface area contributed by atoms with E-state index in [4.69, 9.17) is 4.74 Å². The number of aromatic nitrogens is 5. The van der Waals surface area contributed by atoms with E-state index >= 15 is 0 Å². The zero-order valence-electron chi connectivity index (χ0n) is 19.9. The molecule has 1 aromatic carbocycles. The van der Waals surface area contributed by atoms with Crippen molar-refractivity contribution in [2.24, 2.45) is 0 Å². The monoisotopic (exact) mass is 551 g/mol. The van der Waals surface area contributed by atoms with Gasteiger partial charge in [-0.05, 0) is 53.4 Å². The lowest BCUT2D eigenvalue weighted by atomic mass is 10.0. The second-order valence-corrected chi connectivity index (χ2v) is 10.3. The van der Waals surface area contributed by atoms with Crippen molar-refractivity contribution in [1.82, 2.24) is 29.6 Å². The lowest BCUT2D eigenvalue weighted by molar-refractivity contribution is 0.0675. The Morgan fingerprint density at radius 1 is 1.06 bits per heavy atom. The minimum atomic E-state index is -0.166. The first-order valence-electron chi connectivity index (χ1n) is 12.1. The quantitative estimate of drug-likeness (QED) is 0.416. The summed E-state index contributed by atoms with van der Waals surface area (Å²) in [6.07, 6.45) is 6.78. The number of amides is 1. The second kappa shape index (κ2) is 9.29. The van der Waals surface area contributed by atoms with Crippen molar-refractivity contribution in [1.29, 1.82) is 0 Å². The molecule has 0 spiro atoms. The average molecular weight is 552 g/mol. The summed E-state index contributed by atoms with van der Waals surface area (Å²) in [5, 5.41) is 5.96. The Bertz CT molecular complexity index is 1500. The van der Waals surface area contributed by atoms with Gasteiger partial charge < -0.3 is 19.5 Å². The van der Waals surface area contributed by atoms with E-state index in [1.54, 1.807) is 18.6 Å². The number of benzene rings is 1. The molecule has 2 fully saturated rings. The largest absolute Gasteiger partial charge is 0.381 e. The smallest absolute Gasteiger partial charge is 0.259 e. The summed E-state index contributed by atoms with van der Waals surface area (Å²) in [6.45, 7) is 5.74. The number of aryl methyl sites for hydroxylation is 1. The maximum absolute atomic E-state index is 13.6. The summed E-state index contributed by atoms with van der Waals surface area (Å²) in [6, 6.07) is 3.99. The molecule has 6 rings (SSSR count). The number of nitrogens with one attached hydrogen (secondary N) is 1. The van der Waals surface area contributed by atoms with E-state index in [0.717, 1.165) is 33.8 Å².